The highest BCUT2D eigenvalue weighted by molar-refractivity contribution is 14.1. The molecule has 34 heavy (non-hydrogen) atoms. The van der Waals surface area contributed by atoms with Gasteiger partial charge in [-0.2, -0.15) is 0 Å². The average molecular weight is 570 g/mol. The number of halogens is 1. The molecule has 178 valence electrons. The van der Waals surface area contributed by atoms with Crippen molar-refractivity contribution in [1.82, 2.24) is 0 Å². The lowest BCUT2D eigenvalue weighted by Gasteiger charge is -2.47. The van der Waals surface area contributed by atoms with Crippen LogP contribution in [-0.4, -0.2) is 34.4 Å². The van der Waals surface area contributed by atoms with Gasteiger partial charge in [0.15, 0.2) is 0 Å². The molecule has 2 heterocycles. The zero-order valence-electron chi connectivity index (χ0n) is 19.2. The Labute approximate surface area is 215 Å². The summed E-state index contributed by atoms with van der Waals surface area (Å²) < 4.78 is 26.4. The molecule has 3 aromatic rings. The molecular formula is C29H31IO4. The van der Waals surface area contributed by atoms with Gasteiger partial charge in [-0.05, 0) is 29.5 Å². The molecule has 5 heteroatoms. The molecule has 0 spiro atoms. The average Bonchev–Trinajstić information content (AvgIpc) is 3.28. The van der Waals surface area contributed by atoms with E-state index >= 15 is 0 Å². The minimum Gasteiger partial charge on any atom is -0.374 e. The fraction of sp³-hybridized carbons (Fsp3) is 0.379. The molecule has 0 saturated carbocycles. The minimum absolute atomic E-state index is 0.0777. The van der Waals surface area contributed by atoms with E-state index in [-0.39, 0.29) is 22.2 Å². The first kappa shape index (κ1) is 23.9. The van der Waals surface area contributed by atoms with Gasteiger partial charge >= 0.3 is 0 Å². The van der Waals surface area contributed by atoms with Crippen LogP contribution in [0.2, 0.25) is 0 Å². The van der Waals surface area contributed by atoms with E-state index in [0.717, 1.165) is 24.0 Å². The lowest BCUT2D eigenvalue weighted by molar-refractivity contribution is -0.240. The standard InChI is InChI=1S/C29H31IO4/c30-26-25-16-17-29(34-25,21-31-18-22-10-4-1-5-11-22)28(33-20-24-14-8-3-9-15-24)27(26)32-19-23-12-6-2-7-13-23/h1-15,25-28H,16-21H2/t25-,26+,27+,28-,29-/m0/s1. The van der Waals surface area contributed by atoms with Crippen molar-refractivity contribution in [3.05, 3.63) is 108 Å². The third-order valence-corrected chi connectivity index (χ3v) is 8.25. The van der Waals surface area contributed by atoms with Crippen LogP contribution >= 0.6 is 22.6 Å². The van der Waals surface area contributed by atoms with Crippen LogP contribution in [-0.2, 0) is 38.8 Å². The quantitative estimate of drug-likeness (QED) is 0.218. The van der Waals surface area contributed by atoms with Crippen molar-refractivity contribution in [1.29, 1.82) is 0 Å². The molecule has 0 amide bonds. The number of fused-ring (bicyclic) bond motifs is 2. The van der Waals surface area contributed by atoms with E-state index in [1.54, 1.807) is 0 Å². The van der Waals surface area contributed by atoms with Crippen molar-refractivity contribution < 1.29 is 18.9 Å². The maximum atomic E-state index is 6.68. The Morgan fingerprint density at radius 2 is 1.26 bits per heavy atom. The topological polar surface area (TPSA) is 36.9 Å². The summed E-state index contributed by atoms with van der Waals surface area (Å²) in [6, 6.07) is 31.0. The Balaban J connectivity index is 1.34. The molecule has 0 radical (unpaired) electrons. The highest BCUT2D eigenvalue weighted by Crippen LogP contribution is 2.47. The summed E-state index contributed by atoms with van der Waals surface area (Å²) in [6.07, 6.45) is 1.77. The zero-order valence-corrected chi connectivity index (χ0v) is 21.4. The van der Waals surface area contributed by atoms with Gasteiger partial charge < -0.3 is 18.9 Å². The Morgan fingerprint density at radius 3 is 1.85 bits per heavy atom. The van der Waals surface area contributed by atoms with E-state index in [4.69, 9.17) is 18.9 Å². The van der Waals surface area contributed by atoms with Gasteiger partial charge in [0, 0.05) is 0 Å². The summed E-state index contributed by atoms with van der Waals surface area (Å²) in [5, 5.41) is 0. The van der Waals surface area contributed by atoms with Gasteiger partial charge in [-0.15, -0.1) is 0 Å². The van der Waals surface area contributed by atoms with E-state index in [2.05, 4.69) is 71.1 Å². The molecule has 0 N–H and O–H groups in total. The fourth-order valence-corrected chi connectivity index (χ4v) is 6.07. The first-order chi connectivity index (χ1) is 16.7. The van der Waals surface area contributed by atoms with Crippen molar-refractivity contribution in [2.45, 2.75) is 60.5 Å². The third-order valence-electron chi connectivity index (χ3n) is 6.74. The number of hydrogen-bond acceptors (Lipinski definition) is 4. The summed E-state index contributed by atoms with van der Waals surface area (Å²) in [4.78, 5) is 0. The van der Waals surface area contributed by atoms with Crippen LogP contribution in [0.3, 0.4) is 0 Å². The predicted molar refractivity (Wildman–Crippen MR) is 141 cm³/mol. The van der Waals surface area contributed by atoms with E-state index in [9.17, 15) is 0 Å². The largest absolute Gasteiger partial charge is 0.374 e. The highest BCUT2D eigenvalue weighted by Gasteiger charge is 2.59. The molecule has 0 unspecified atom stereocenters. The summed E-state index contributed by atoms with van der Waals surface area (Å²) in [7, 11) is 0. The Kier molecular flexibility index (Phi) is 7.97. The highest BCUT2D eigenvalue weighted by atomic mass is 127. The number of hydrogen-bond donors (Lipinski definition) is 0. The number of ether oxygens (including phenoxy) is 4. The second kappa shape index (κ2) is 11.3. The van der Waals surface area contributed by atoms with E-state index in [1.807, 2.05) is 42.5 Å². The summed E-state index contributed by atoms with van der Waals surface area (Å²) >= 11 is 2.50. The van der Waals surface area contributed by atoms with E-state index in [0.29, 0.717) is 26.4 Å². The van der Waals surface area contributed by atoms with E-state index in [1.165, 1.54) is 5.56 Å². The van der Waals surface area contributed by atoms with Crippen LogP contribution in [0.5, 0.6) is 0 Å². The second-order valence-corrected chi connectivity index (χ2v) is 10.6. The van der Waals surface area contributed by atoms with E-state index < -0.39 is 5.60 Å². The van der Waals surface area contributed by atoms with Crippen molar-refractivity contribution >= 4 is 22.6 Å². The van der Waals surface area contributed by atoms with Crippen LogP contribution in [0.1, 0.15) is 29.5 Å². The molecule has 4 nitrogen and oxygen atoms in total. The van der Waals surface area contributed by atoms with Crippen LogP contribution in [0.15, 0.2) is 91.0 Å². The molecule has 2 aliphatic heterocycles. The molecular weight excluding hydrogens is 539 g/mol. The van der Waals surface area contributed by atoms with Crippen molar-refractivity contribution in [2.75, 3.05) is 6.61 Å². The monoisotopic (exact) mass is 570 g/mol. The van der Waals surface area contributed by atoms with Gasteiger partial charge in [-0.3, -0.25) is 0 Å². The maximum Gasteiger partial charge on any atom is 0.121 e. The first-order valence-electron chi connectivity index (χ1n) is 12.0. The normalized spacial score (nSPS) is 28.1. The lowest BCUT2D eigenvalue weighted by Crippen LogP contribution is -2.61. The van der Waals surface area contributed by atoms with Crippen molar-refractivity contribution in [2.24, 2.45) is 0 Å². The molecule has 2 aliphatic rings. The third kappa shape index (κ3) is 5.55. The van der Waals surface area contributed by atoms with Crippen LogP contribution in [0.25, 0.3) is 0 Å². The Hall–Kier alpha value is -1.77. The second-order valence-electron chi connectivity index (χ2n) is 9.16. The molecule has 2 bridgehead atoms. The first-order valence-corrected chi connectivity index (χ1v) is 13.2. The molecule has 0 aromatic heterocycles. The molecule has 5 atom stereocenters. The van der Waals surface area contributed by atoms with Gasteiger partial charge in [0.05, 0.1) is 36.5 Å². The van der Waals surface area contributed by atoms with Gasteiger partial charge in [0.2, 0.25) is 0 Å². The minimum atomic E-state index is -0.503. The summed E-state index contributed by atoms with van der Waals surface area (Å²) in [5.74, 6) is 0. The van der Waals surface area contributed by atoms with Gasteiger partial charge in [-0.25, -0.2) is 0 Å². The Morgan fingerprint density at radius 1 is 0.735 bits per heavy atom. The SMILES string of the molecule is I[C@H]1[C@@H](OCc2ccccc2)[C@H](OCc2ccccc2)[C@@]2(COCc3ccccc3)CC[C@@H]1O2. The van der Waals surface area contributed by atoms with Crippen LogP contribution in [0.4, 0.5) is 0 Å². The molecule has 5 rings (SSSR count). The number of alkyl halides is 1. The predicted octanol–water partition coefficient (Wildman–Crippen LogP) is 6.11. The molecule has 0 aliphatic carbocycles. The van der Waals surface area contributed by atoms with Gasteiger partial charge in [0.1, 0.15) is 17.8 Å². The van der Waals surface area contributed by atoms with Crippen molar-refractivity contribution in [3.63, 3.8) is 0 Å². The summed E-state index contributed by atoms with van der Waals surface area (Å²) in [6.45, 7) is 2.13. The van der Waals surface area contributed by atoms with Crippen molar-refractivity contribution in [3.8, 4) is 0 Å². The lowest BCUT2D eigenvalue weighted by atomic mass is 9.89. The van der Waals surface area contributed by atoms with Gasteiger partial charge in [0.25, 0.3) is 0 Å². The molecule has 2 fully saturated rings. The number of benzene rings is 3. The van der Waals surface area contributed by atoms with Crippen LogP contribution < -0.4 is 0 Å². The zero-order chi connectivity index (χ0) is 23.2. The van der Waals surface area contributed by atoms with Gasteiger partial charge in [-0.1, -0.05) is 114 Å². The molecule has 2 saturated heterocycles. The maximum absolute atomic E-state index is 6.68. The Bertz CT molecular complexity index is 1020. The smallest absolute Gasteiger partial charge is 0.121 e. The van der Waals surface area contributed by atoms with Crippen LogP contribution in [0, 0.1) is 0 Å². The fourth-order valence-electron chi connectivity index (χ4n) is 4.97. The molecule has 3 aromatic carbocycles. The summed E-state index contributed by atoms with van der Waals surface area (Å²) in [5.41, 5.74) is 2.97. The number of rotatable bonds is 10.